The van der Waals surface area contributed by atoms with Crippen LogP contribution in [-0.2, 0) is 0 Å². The molecule has 6 heteroatoms. The van der Waals surface area contributed by atoms with Crippen molar-refractivity contribution in [2.45, 2.75) is 18.9 Å². The van der Waals surface area contributed by atoms with Crippen molar-refractivity contribution in [3.63, 3.8) is 0 Å². The molecule has 0 saturated carbocycles. The number of carbonyl (C=O) groups is 1. The third-order valence-electron chi connectivity index (χ3n) is 4.24. The van der Waals surface area contributed by atoms with Crippen LogP contribution in [0, 0.1) is 0 Å². The van der Waals surface area contributed by atoms with Crippen LogP contribution in [0.3, 0.4) is 0 Å². The summed E-state index contributed by atoms with van der Waals surface area (Å²) in [7, 11) is 1.61. The molecule has 1 unspecified atom stereocenters. The van der Waals surface area contributed by atoms with Crippen LogP contribution in [0.2, 0.25) is 0 Å². The Morgan fingerprint density at radius 2 is 2.12 bits per heavy atom. The number of benzene rings is 1. The third-order valence-corrected chi connectivity index (χ3v) is 5.21. The van der Waals surface area contributed by atoms with E-state index in [1.165, 1.54) is 17.7 Å². The molecule has 2 N–H and O–H groups in total. The first kappa shape index (κ1) is 16.8. The summed E-state index contributed by atoms with van der Waals surface area (Å²) in [5.74, 6) is 0.723. The molecule has 0 spiro atoms. The summed E-state index contributed by atoms with van der Waals surface area (Å²) >= 11 is 1.75. The number of urea groups is 1. The van der Waals surface area contributed by atoms with E-state index in [0.717, 1.165) is 24.5 Å². The first-order valence-corrected chi connectivity index (χ1v) is 9.10. The Kier molecular flexibility index (Phi) is 5.72. The molecule has 1 saturated heterocycles. The van der Waals surface area contributed by atoms with Gasteiger partial charge in [0.15, 0.2) is 0 Å². The van der Waals surface area contributed by atoms with E-state index in [1.54, 1.807) is 24.5 Å². The van der Waals surface area contributed by atoms with Gasteiger partial charge in [0, 0.05) is 23.2 Å². The molecule has 24 heavy (non-hydrogen) atoms. The number of nitrogens with one attached hydrogen (secondary N) is 2. The van der Waals surface area contributed by atoms with Gasteiger partial charge in [-0.2, -0.15) is 0 Å². The zero-order valence-corrected chi connectivity index (χ0v) is 14.6. The monoisotopic (exact) mass is 345 g/mol. The van der Waals surface area contributed by atoms with Crippen LogP contribution in [0.1, 0.15) is 23.8 Å². The van der Waals surface area contributed by atoms with Crippen LogP contribution in [0.15, 0.2) is 41.8 Å². The predicted molar refractivity (Wildman–Crippen MR) is 97.9 cm³/mol. The van der Waals surface area contributed by atoms with Gasteiger partial charge in [0.25, 0.3) is 0 Å². The van der Waals surface area contributed by atoms with Crippen LogP contribution in [0.5, 0.6) is 5.75 Å². The van der Waals surface area contributed by atoms with Crippen molar-refractivity contribution < 1.29 is 9.53 Å². The van der Waals surface area contributed by atoms with Crippen molar-refractivity contribution in [3.8, 4) is 5.75 Å². The average molecular weight is 345 g/mol. The Morgan fingerprint density at radius 1 is 1.29 bits per heavy atom. The fourth-order valence-corrected chi connectivity index (χ4v) is 3.87. The lowest BCUT2D eigenvalue weighted by atomic mass is 10.2. The number of methoxy groups -OCH3 is 1. The molecule has 1 atom stereocenters. The summed E-state index contributed by atoms with van der Waals surface area (Å²) in [5.41, 5.74) is 0.723. The van der Waals surface area contributed by atoms with Gasteiger partial charge in [-0.15, -0.1) is 11.3 Å². The second-order valence-electron chi connectivity index (χ2n) is 5.84. The molecule has 0 bridgehead atoms. The Labute approximate surface area is 146 Å². The van der Waals surface area contributed by atoms with E-state index in [0.29, 0.717) is 6.54 Å². The third kappa shape index (κ3) is 4.27. The lowest BCUT2D eigenvalue weighted by Crippen LogP contribution is -2.38. The number of hydrogen-bond donors (Lipinski definition) is 2. The van der Waals surface area contributed by atoms with Crippen LogP contribution >= 0.6 is 11.3 Å². The van der Waals surface area contributed by atoms with Gasteiger partial charge < -0.3 is 15.4 Å². The van der Waals surface area contributed by atoms with E-state index < -0.39 is 0 Å². The van der Waals surface area contributed by atoms with Crippen LogP contribution < -0.4 is 15.4 Å². The number of hydrogen-bond acceptors (Lipinski definition) is 4. The number of amides is 2. The Hall–Kier alpha value is -2.05. The van der Waals surface area contributed by atoms with Crippen molar-refractivity contribution in [1.29, 1.82) is 0 Å². The summed E-state index contributed by atoms with van der Waals surface area (Å²) < 4.78 is 5.17. The van der Waals surface area contributed by atoms with Crippen molar-refractivity contribution in [2.75, 3.05) is 32.1 Å². The number of rotatable bonds is 6. The first-order chi connectivity index (χ1) is 11.8. The molecule has 2 heterocycles. The molecule has 128 valence electrons. The number of nitrogens with zero attached hydrogens (tertiary/aromatic N) is 1. The molecule has 0 radical (unpaired) electrons. The van der Waals surface area contributed by atoms with E-state index >= 15 is 0 Å². The fraction of sp³-hybridized carbons (Fsp3) is 0.389. The summed E-state index contributed by atoms with van der Waals surface area (Å²) in [6.07, 6.45) is 2.47. The molecule has 3 rings (SSSR count). The summed E-state index contributed by atoms with van der Waals surface area (Å²) in [4.78, 5) is 16.0. The highest BCUT2D eigenvalue weighted by atomic mass is 32.1. The molecule has 1 aromatic heterocycles. The summed E-state index contributed by atoms with van der Waals surface area (Å²) in [6, 6.07) is 11.6. The molecule has 1 aliphatic heterocycles. The Balaban J connectivity index is 1.58. The fourth-order valence-electron chi connectivity index (χ4n) is 3.01. The number of likely N-dealkylation sites (tertiary alicyclic amines) is 1. The Bertz CT molecular complexity index is 654. The van der Waals surface area contributed by atoms with Gasteiger partial charge in [-0.1, -0.05) is 12.1 Å². The lowest BCUT2D eigenvalue weighted by molar-refractivity contribution is 0.229. The lowest BCUT2D eigenvalue weighted by Gasteiger charge is -2.27. The minimum atomic E-state index is -0.191. The molecule has 5 nitrogen and oxygen atoms in total. The van der Waals surface area contributed by atoms with Gasteiger partial charge in [0.05, 0.1) is 13.2 Å². The molecular weight excluding hydrogens is 322 g/mol. The van der Waals surface area contributed by atoms with Gasteiger partial charge in [0.1, 0.15) is 5.75 Å². The topological polar surface area (TPSA) is 53.6 Å². The first-order valence-electron chi connectivity index (χ1n) is 8.22. The smallest absolute Gasteiger partial charge is 0.319 e. The number of ether oxygens (including phenoxy) is 1. The molecule has 0 aliphatic carbocycles. The van der Waals surface area contributed by atoms with Gasteiger partial charge >= 0.3 is 6.03 Å². The predicted octanol–water partition coefficient (Wildman–Crippen LogP) is 3.72. The second-order valence-corrected chi connectivity index (χ2v) is 6.82. The minimum Gasteiger partial charge on any atom is -0.497 e. The Morgan fingerprint density at radius 3 is 2.83 bits per heavy atom. The van der Waals surface area contributed by atoms with Crippen molar-refractivity contribution in [2.24, 2.45) is 0 Å². The van der Waals surface area contributed by atoms with E-state index in [4.69, 9.17) is 4.74 Å². The highest BCUT2D eigenvalue weighted by Gasteiger charge is 2.24. The van der Waals surface area contributed by atoms with Gasteiger partial charge in [-0.3, -0.25) is 4.90 Å². The van der Waals surface area contributed by atoms with Crippen LogP contribution in [-0.4, -0.2) is 37.7 Å². The molecule has 2 aromatic rings. The number of carbonyl (C=O) groups excluding carboxylic acids is 1. The van der Waals surface area contributed by atoms with E-state index in [-0.39, 0.29) is 12.1 Å². The molecule has 1 aliphatic rings. The van der Waals surface area contributed by atoms with E-state index in [2.05, 4.69) is 33.0 Å². The van der Waals surface area contributed by atoms with Gasteiger partial charge in [-0.05, 0) is 49.5 Å². The van der Waals surface area contributed by atoms with Crippen molar-refractivity contribution in [1.82, 2.24) is 10.2 Å². The minimum absolute atomic E-state index is 0.191. The normalized spacial score (nSPS) is 15.9. The summed E-state index contributed by atoms with van der Waals surface area (Å²) in [6.45, 7) is 2.81. The zero-order chi connectivity index (χ0) is 16.8. The number of anilines is 1. The molecule has 1 aromatic carbocycles. The zero-order valence-electron chi connectivity index (χ0n) is 13.8. The average Bonchev–Trinajstić information content (AvgIpc) is 3.29. The maximum atomic E-state index is 12.2. The van der Waals surface area contributed by atoms with Crippen LogP contribution in [0.4, 0.5) is 10.5 Å². The summed E-state index contributed by atoms with van der Waals surface area (Å²) in [5, 5.41) is 7.96. The van der Waals surface area contributed by atoms with Crippen LogP contribution in [0.25, 0.3) is 0 Å². The quantitative estimate of drug-likeness (QED) is 0.839. The number of thiophene rings is 1. The van der Waals surface area contributed by atoms with E-state index in [9.17, 15) is 4.79 Å². The molecular formula is C18H23N3O2S. The maximum absolute atomic E-state index is 12.2. The molecule has 2 amide bonds. The van der Waals surface area contributed by atoms with Crippen molar-refractivity contribution >= 4 is 23.1 Å². The maximum Gasteiger partial charge on any atom is 0.319 e. The SMILES string of the molecule is COc1cccc(NC(=O)NCC(c2cccs2)N2CCCC2)c1. The van der Waals surface area contributed by atoms with Crippen molar-refractivity contribution in [3.05, 3.63) is 46.7 Å². The highest BCUT2D eigenvalue weighted by Crippen LogP contribution is 2.27. The highest BCUT2D eigenvalue weighted by molar-refractivity contribution is 7.10. The standard InChI is InChI=1S/C18H23N3O2S/c1-23-15-7-4-6-14(12-15)20-18(22)19-13-16(17-8-5-11-24-17)21-9-2-3-10-21/h4-8,11-12,16H,2-3,9-10,13H2,1H3,(H2,19,20,22). The van der Waals surface area contributed by atoms with Gasteiger partial charge in [0.2, 0.25) is 0 Å². The van der Waals surface area contributed by atoms with Gasteiger partial charge in [-0.25, -0.2) is 4.79 Å². The largest absolute Gasteiger partial charge is 0.497 e. The van der Waals surface area contributed by atoms with E-state index in [1.807, 2.05) is 18.2 Å². The molecule has 1 fully saturated rings. The second kappa shape index (κ2) is 8.17.